The van der Waals surface area contributed by atoms with Gasteiger partial charge in [0.2, 0.25) is 0 Å². The van der Waals surface area contributed by atoms with Crippen LogP contribution >= 0.6 is 0 Å². The first-order valence-corrected chi connectivity index (χ1v) is 11.9. The Morgan fingerprint density at radius 1 is 0.784 bits per heavy atom. The number of nitrogen functional groups attached to an aromatic ring is 2. The number of benzene rings is 3. The third kappa shape index (κ3) is 5.30. The van der Waals surface area contributed by atoms with E-state index in [4.69, 9.17) is 11.5 Å². The van der Waals surface area contributed by atoms with Gasteiger partial charge in [0.15, 0.2) is 0 Å². The highest BCUT2D eigenvalue weighted by Gasteiger charge is 2.18. The van der Waals surface area contributed by atoms with Crippen molar-refractivity contribution in [3.8, 4) is 11.3 Å². The van der Waals surface area contributed by atoms with E-state index < -0.39 is 11.7 Å². The lowest BCUT2D eigenvalue weighted by Gasteiger charge is -2.37. The average Bonchev–Trinajstić information content (AvgIpc) is 2.91. The monoisotopic (exact) mass is 500 g/mol. The molecule has 37 heavy (non-hydrogen) atoms. The molecule has 1 aliphatic rings. The van der Waals surface area contributed by atoms with E-state index in [1.165, 1.54) is 30.3 Å². The van der Waals surface area contributed by atoms with Gasteiger partial charge in [0.05, 0.1) is 16.9 Å². The SMILES string of the molecule is Nc1ccc(-c2ccc(F)c(C(=O)Nc3ccc(N4CCN(c5ccc(F)cc5)CC4)cc3)c2)nc1N. The summed E-state index contributed by atoms with van der Waals surface area (Å²) in [6.07, 6.45) is 0. The largest absolute Gasteiger partial charge is 0.396 e. The summed E-state index contributed by atoms with van der Waals surface area (Å²) in [5, 5.41) is 2.76. The number of rotatable bonds is 5. The van der Waals surface area contributed by atoms with Crippen LogP contribution < -0.4 is 26.6 Å². The fourth-order valence-corrected chi connectivity index (χ4v) is 4.33. The maximum atomic E-state index is 14.5. The molecule has 1 aliphatic heterocycles. The zero-order chi connectivity index (χ0) is 25.9. The van der Waals surface area contributed by atoms with E-state index in [2.05, 4.69) is 20.1 Å². The third-order valence-corrected chi connectivity index (χ3v) is 6.43. The molecule has 1 saturated heterocycles. The molecule has 1 amide bonds. The quantitative estimate of drug-likeness (QED) is 0.365. The van der Waals surface area contributed by atoms with Gasteiger partial charge >= 0.3 is 0 Å². The number of nitrogens with one attached hydrogen (secondary N) is 1. The first-order valence-electron chi connectivity index (χ1n) is 11.9. The van der Waals surface area contributed by atoms with Crippen LogP contribution in [0.2, 0.25) is 0 Å². The summed E-state index contributed by atoms with van der Waals surface area (Å²) in [4.78, 5) is 21.5. The van der Waals surface area contributed by atoms with Gasteiger partial charge in [-0.3, -0.25) is 4.79 Å². The van der Waals surface area contributed by atoms with E-state index >= 15 is 0 Å². The number of hydrogen-bond donors (Lipinski definition) is 3. The first kappa shape index (κ1) is 24.1. The van der Waals surface area contributed by atoms with E-state index in [0.717, 1.165) is 37.6 Å². The van der Waals surface area contributed by atoms with E-state index in [1.807, 2.05) is 12.1 Å². The van der Waals surface area contributed by atoms with Gasteiger partial charge in [-0.2, -0.15) is 0 Å². The molecule has 0 saturated carbocycles. The lowest BCUT2D eigenvalue weighted by atomic mass is 10.1. The van der Waals surface area contributed by atoms with Crippen LogP contribution in [-0.4, -0.2) is 37.1 Å². The number of hydrogen-bond acceptors (Lipinski definition) is 6. The second kappa shape index (κ2) is 10.1. The van der Waals surface area contributed by atoms with Crippen molar-refractivity contribution in [3.05, 3.63) is 96.1 Å². The lowest BCUT2D eigenvalue weighted by Crippen LogP contribution is -2.46. The van der Waals surface area contributed by atoms with Crippen molar-refractivity contribution in [2.24, 2.45) is 0 Å². The minimum Gasteiger partial charge on any atom is -0.396 e. The highest BCUT2D eigenvalue weighted by Crippen LogP contribution is 2.26. The Bertz CT molecular complexity index is 1420. The fraction of sp³-hybridized carbons (Fsp3) is 0.143. The smallest absolute Gasteiger partial charge is 0.258 e. The molecule has 7 nitrogen and oxygen atoms in total. The molecule has 0 radical (unpaired) electrons. The average molecular weight is 501 g/mol. The highest BCUT2D eigenvalue weighted by atomic mass is 19.1. The molecular weight excluding hydrogens is 474 g/mol. The molecule has 5 rings (SSSR count). The van der Waals surface area contributed by atoms with Crippen molar-refractivity contribution in [1.29, 1.82) is 0 Å². The molecule has 0 bridgehead atoms. The van der Waals surface area contributed by atoms with Crippen molar-refractivity contribution < 1.29 is 13.6 Å². The van der Waals surface area contributed by atoms with Crippen molar-refractivity contribution in [2.75, 3.05) is 52.8 Å². The number of pyridine rings is 1. The normalized spacial score (nSPS) is 13.5. The zero-order valence-corrected chi connectivity index (χ0v) is 20.0. The lowest BCUT2D eigenvalue weighted by molar-refractivity contribution is 0.102. The summed E-state index contributed by atoms with van der Waals surface area (Å²) in [6.45, 7) is 3.25. The molecule has 3 aromatic carbocycles. The molecule has 0 aliphatic carbocycles. The molecule has 1 fully saturated rings. The molecular formula is C28H26F2N6O. The van der Waals surface area contributed by atoms with Crippen LogP contribution in [0.5, 0.6) is 0 Å². The number of halogens is 2. The number of carbonyl (C=O) groups is 1. The van der Waals surface area contributed by atoms with Crippen molar-refractivity contribution in [3.63, 3.8) is 0 Å². The third-order valence-electron chi connectivity index (χ3n) is 6.43. The molecule has 188 valence electrons. The van der Waals surface area contributed by atoms with Gasteiger partial charge in [-0.25, -0.2) is 13.8 Å². The van der Waals surface area contributed by atoms with E-state index in [0.29, 0.717) is 22.6 Å². The summed E-state index contributed by atoms with van der Waals surface area (Å²) in [5.41, 5.74) is 15.4. The van der Waals surface area contributed by atoms with E-state index in [1.54, 1.807) is 36.4 Å². The van der Waals surface area contributed by atoms with Gasteiger partial charge in [-0.05, 0) is 78.9 Å². The number of aromatic nitrogens is 1. The minimum atomic E-state index is -0.639. The molecule has 2 heterocycles. The minimum absolute atomic E-state index is 0.101. The molecule has 0 unspecified atom stereocenters. The number of amides is 1. The van der Waals surface area contributed by atoms with Crippen molar-refractivity contribution in [1.82, 2.24) is 4.98 Å². The molecule has 9 heteroatoms. The number of piperazine rings is 1. The van der Waals surface area contributed by atoms with Crippen LogP contribution in [0, 0.1) is 11.6 Å². The van der Waals surface area contributed by atoms with E-state index in [-0.39, 0.29) is 17.2 Å². The zero-order valence-electron chi connectivity index (χ0n) is 20.0. The summed E-state index contributed by atoms with van der Waals surface area (Å²) < 4.78 is 27.7. The van der Waals surface area contributed by atoms with Gasteiger partial charge < -0.3 is 26.6 Å². The Labute approximate surface area is 213 Å². The Balaban J connectivity index is 1.23. The Morgan fingerprint density at radius 3 is 1.97 bits per heavy atom. The maximum absolute atomic E-state index is 14.5. The Hall–Kier alpha value is -4.66. The maximum Gasteiger partial charge on any atom is 0.258 e. The predicted octanol–water partition coefficient (Wildman–Crippen LogP) is 4.77. The predicted molar refractivity (Wildman–Crippen MR) is 144 cm³/mol. The molecule has 5 N–H and O–H groups in total. The van der Waals surface area contributed by atoms with Gasteiger partial charge in [-0.1, -0.05) is 0 Å². The molecule has 0 atom stereocenters. The topological polar surface area (TPSA) is 101 Å². The number of nitrogens with two attached hydrogens (primary N) is 2. The summed E-state index contributed by atoms with van der Waals surface area (Å²) in [5.74, 6) is -1.28. The van der Waals surface area contributed by atoms with Crippen LogP contribution in [0.15, 0.2) is 78.9 Å². The van der Waals surface area contributed by atoms with Crippen molar-refractivity contribution >= 4 is 34.5 Å². The first-order chi connectivity index (χ1) is 17.9. The number of anilines is 5. The van der Waals surface area contributed by atoms with Crippen molar-refractivity contribution in [2.45, 2.75) is 0 Å². The number of nitrogens with zero attached hydrogens (tertiary/aromatic N) is 3. The summed E-state index contributed by atoms with van der Waals surface area (Å²) in [7, 11) is 0. The van der Waals surface area contributed by atoms with Gasteiger partial charge in [0.1, 0.15) is 17.5 Å². The Morgan fingerprint density at radius 2 is 1.38 bits per heavy atom. The summed E-state index contributed by atoms with van der Waals surface area (Å²) in [6, 6.07) is 21.5. The van der Waals surface area contributed by atoms with Crippen LogP contribution in [0.25, 0.3) is 11.3 Å². The van der Waals surface area contributed by atoms with Gasteiger partial charge in [0, 0.05) is 48.8 Å². The van der Waals surface area contributed by atoms with E-state index in [9.17, 15) is 13.6 Å². The molecule has 1 aromatic heterocycles. The van der Waals surface area contributed by atoms with Gasteiger partial charge in [-0.15, -0.1) is 0 Å². The van der Waals surface area contributed by atoms with Gasteiger partial charge in [0.25, 0.3) is 5.91 Å². The van der Waals surface area contributed by atoms with Crippen LogP contribution in [-0.2, 0) is 0 Å². The number of carbonyl (C=O) groups excluding carboxylic acids is 1. The second-order valence-electron chi connectivity index (χ2n) is 8.82. The molecule has 0 spiro atoms. The van der Waals surface area contributed by atoms with Crippen LogP contribution in [0.4, 0.5) is 37.3 Å². The summed E-state index contributed by atoms with van der Waals surface area (Å²) >= 11 is 0. The fourth-order valence-electron chi connectivity index (χ4n) is 4.33. The van der Waals surface area contributed by atoms with Crippen LogP contribution in [0.1, 0.15) is 10.4 Å². The second-order valence-corrected chi connectivity index (χ2v) is 8.82. The van der Waals surface area contributed by atoms with Crippen LogP contribution in [0.3, 0.4) is 0 Å². The standard InChI is InChI=1S/C28H26F2N6O/c29-19-2-6-21(7-3-19)35-13-15-36(16-14-35)22-8-4-20(5-9-22)33-28(37)23-17-18(1-10-24(23)30)26-12-11-25(31)27(32)34-26/h1-12,17H,13-16,31H2,(H2,32,34)(H,33,37). The highest BCUT2D eigenvalue weighted by molar-refractivity contribution is 6.05. The molecule has 4 aromatic rings. The Kier molecular flexibility index (Phi) is 6.59.